The Kier molecular flexibility index (Phi) is 5.39. The summed E-state index contributed by atoms with van der Waals surface area (Å²) in [5, 5.41) is 6.26. The average Bonchev–Trinajstić information content (AvgIpc) is 2.72. The van der Waals surface area contributed by atoms with Gasteiger partial charge in [-0.2, -0.15) is 0 Å². The van der Waals surface area contributed by atoms with E-state index >= 15 is 0 Å². The van der Waals surface area contributed by atoms with E-state index in [0.29, 0.717) is 29.1 Å². The summed E-state index contributed by atoms with van der Waals surface area (Å²) in [6.45, 7) is 6.08. The van der Waals surface area contributed by atoms with Gasteiger partial charge in [0.1, 0.15) is 11.6 Å². The van der Waals surface area contributed by atoms with E-state index < -0.39 is 5.92 Å². The molecule has 1 aromatic heterocycles. The minimum atomic E-state index is -0.473. The molecule has 0 saturated heterocycles. The first kappa shape index (κ1) is 20.8. The predicted octanol–water partition coefficient (Wildman–Crippen LogP) is 4.33. The molecule has 2 aliphatic rings. The van der Waals surface area contributed by atoms with Crippen LogP contribution in [-0.4, -0.2) is 23.8 Å². The highest BCUT2D eigenvalue weighted by molar-refractivity contribution is 6.09. The van der Waals surface area contributed by atoms with E-state index in [1.54, 1.807) is 25.4 Å². The number of ketones is 1. The molecule has 0 fully saturated rings. The normalized spacial score (nSPS) is 20.1. The number of carbonyl (C=O) groups is 2. The number of pyridine rings is 1. The van der Waals surface area contributed by atoms with Crippen LogP contribution < -0.4 is 15.4 Å². The molecular formula is C25H27N3O3. The van der Waals surface area contributed by atoms with Gasteiger partial charge in [-0.3, -0.25) is 9.59 Å². The van der Waals surface area contributed by atoms with Crippen molar-refractivity contribution in [2.45, 2.75) is 39.5 Å². The zero-order chi connectivity index (χ0) is 22.2. The lowest BCUT2D eigenvalue weighted by atomic mass is 9.68. The van der Waals surface area contributed by atoms with Crippen molar-refractivity contribution in [3.8, 4) is 5.75 Å². The summed E-state index contributed by atoms with van der Waals surface area (Å²) in [6.07, 6.45) is 2.83. The van der Waals surface area contributed by atoms with Gasteiger partial charge in [-0.25, -0.2) is 4.98 Å². The molecule has 2 N–H and O–H groups in total. The summed E-state index contributed by atoms with van der Waals surface area (Å²) < 4.78 is 5.42. The van der Waals surface area contributed by atoms with E-state index in [9.17, 15) is 9.59 Å². The van der Waals surface area contributed by atoms with Crippen LogP contribution in [0.1, 0.15) is 45.1 Å². The molecule has 1 aliphatic carbocycles. The number of Topliss-reactive ketones (excluding diaryl/α,β-unsaturated/α-hetero) is 1. The molecule has 4 rings (SSSR count). The van der Waals surface area contributed by atoms with Crippen molar-refractivity contribution in [1.82, 2.24) is 10.3 Å². The highest BCUT2D eigenvalue weighted by atomic mass is 16.5. The largest absolute Gasteiger partial charge is 0.497 e. The van der Waals surface area contributed by atoms with Crippen LogP contribution in [0.2, 0.25) is 0 Å². The molecule has 1 atom stereocenters. The SMILES string of the molecule is COc1cccc([C@@H]2C(C(=O)Nc3ccccn3)=C(C)NC3=C2C(=O)CC(C)(C)C3)c1. The Labute approximate surface area is 182 Å². The molecule has 0 spiro atoms. The lowest BCUT2D eigenvalue weighted by Crippen LogP contribution is -2.39. The van der Waals surface area contributed by atoms with E-state index in [1.807, 2.05) is 37.3 Å². The van der Waals surface area contributed by atoms with Crippen LogP contribution in [0.4, 0.5) is 5.82 Å². The van der Waals surface area contributed by atoms with Crippen molar-refractivity contribution in [2.75, 3.05) is 12.4 Å². The molecule has 0 unspecified atom stereocenters. The number of rotatable bonds is 4. The monoisotopic (exact) mass is 417 g/mol. The number of nitrogens with one attached hydrogen (secondary N) is 2. The Morgan fingerprint density at radius 2 is 2.00 bits per heavy atom. The summed E-state index contributed by atoms with van der Waals surface area (Å²) in [4.78, 5) is 30.9. The number of dihydropyridines is 1. The third-order valence-corrected chi connectivity index (χ3v) is 5.82. The molecule has 2 heterocycles. The van der Waals surface area contributed by atoms with Crippen molar-refractivity contribution in [3.05, 3.63) is 76.8 Å². The van der Waals surface area contributed by atoms with Gasteiger partial charge in [-0.05, 0) is 48.6 Å². The highest BCUT2D eigenvalue weighted by Gasteiger charge is 2.42. The molecule has 1 amide bonds. The van der Waals surface area contributed by atoms with Gasteiger partial charge < -0.3 is 15.4 Å². The maximum Gasteiger partial charge on any atom is 0.255 e. The molecular weight excluding hydrogens is 390 g/mol. The van der Waals surface area contributed by atoms with E-state index in [-0.39, 0.29) is 17.1 Å². The minimum Gasteiger partial charge on any atom is -0.497 e. The summed E-state index contributed by atoms with van der Waals surface area (Å²) in [5.41, 5.74) is 3.56. The fraction of sp³-hybridized carbons (Fsp3) is 0.320. The smallest absolute Gasteiger partial charge is 0.255 e. The van der Waals surface area contributed by atoms with Crippen molar-refractivity contribution >= 4 is 17.5 Å². The van der Waals surface area contributed by atoms with Crippen LogP contribution in [-0.2, 0) is 9.59 Å². The van der Waals surface area contributed by atoms with Gasteiger partial charge in [-0.15, -0.1) is 0 Å². The Morgan fingerprint density at radius 3 is 2.71 bits per heavy atom. The predicted molar refractivity (Wildman–Crippen MR) is 119 cm³/mol. The summed E-state index contributed by atoms with van der Waals surface area (Å²) in [7, 11) is 1.61. The molecule has 0 bridgehead atoms. The lowest BCUT2D eigenvalue weighted by molar-refractivity contribution is -0.118. The number of aromatic nitrogens is 1. The van der Waals surface area contributed by atoms with Crippen LogP contribution in [0.5, 0.6) is 5.75 Å². The number of hydrogen-bond acceptors (Lipinski definition) is 5. The number of anilines is 1. The van der Waals surface area contributed by atoms with Crippen molar-refractivity contribution in [2.24, 2.45) is 5.41 Å². The van der Waals surface area contributed by atoms with Gasteiger partial charge >= 0.3 is 0 Å². The molecule has 0 saturated carbocycles. The second-order valence-corrected chi connectivity index (χ2v) is 8.88. The molecule has 160 valence electrons. The van der Waals surface area contributed by atoms with Crippen LogP contribution in [0, 0.1) is 5.41 Å². The van der Waals surface area contributed by atoms with Crippen LogP contribution in [0.25, 0.3) is 0 Å². The van der Waals surface area contributed by atoms with Crippen LogP contribution >= 0.6 is 0 Å². The number of methoxy groups -OCH3 is 1. The van der Waals surface area contributed by atoms with Crippen molar-refractivity contribution in [3.63, 3.8) is 0 Å². The van der Waals surface area contributed by atoms with E-state index in [1.165, 1.54) is 0 Å². The highest BCUT2D eigenvalue weighted by Crippen LogP contribution is 2.47. The maximum absolute atomic E-state index is 13.4. The number of carbonyl (C=O) groups excluding carboxylic acids is 2. The maximum atomic E-state index is 13.4. The van der Waals surface area contributed by atoms with Gasteiger partial charge in [0.25, 0.3) is 5.91 Å². The number of allylic oxidation sites excluding steroid dienone is 3. The summed E-state index contributed by atoms with van der Waals surface area (Å²) in [6, 6.07) is 12.9. The standard InChI is InChI=1S/C25H27N3O3/c1-15-21(24(30)28-20-10-5-6-11-26-20)22(16-8-7-9-17(12-16)31-4)23-18(27-15)13-25(2,3)14-19(23)29/h5-12,22,27H,13-14H2,1-4H3,(H,26,28,30)/t22-/m1/s1. The van der Waals surface area contributed by atoms with E-state index in [2.05, 4.69) is 29.5 Å². The first-order valence-electron chi connectivity index (χ1n) is 10.4. The quantitative estimate of drug-likeness (QED) is 0.774. The Morgan fingerprint density at radius 1 is 1.19 bits per heavy atom. The summed E-state index contributed by atoms with van der Waals surface area (Å²) in [5.74, 6) is 0.471. The summed E-state index contributed by atoms with van der Waals surface area (Å²) >= 11 is 0. The fourth-order valence-corrected chi connectivity index (χ4v) is 4.51. The van der Waals surface area contributed by atoms with Gasteiger partial charge in [0, 0.05) is 41.1 Å². The van der Waals surface area contributed by atoms with Crippen molar-refractivity contribution < 1.29 is 14.3 Å². The van der Waals surface area contributed by atoms with Gasteiger partial charge in [0.15, 0.2) is 5.78 Å². The number of ether oxygens (including phenoxy) is 1. The number of amides is 1. The zero-order valence-corrected chi connectivity index (χ0v) is 18.3. The Hall–Kier alpha value is -3.41. The third-order valence-electron chi connectivity index (χ3n) is 5.82. The molecule has 2 aromatic rings. The Balaban J connectivity index is 1.83. The molecule has 31 heavy (non-hydrogen) atoms. The number of hydrogen-bond donors (Lipinski definition) is 2. The molecule has 1 aromatic carbocycles. The van der Waals surface area contributed by atoms with Crippen LogP contribution in [0.3, 0.4) is 0 Å². The van der Waals surface area contributed by atoms with Gasteiger partial charge in [-0.1, -0.05) is 32.0 Å². The van der Waals surface area contributed by atoms with E-state index in [4.69, 9.17) is 4.74 Å². The van der Waals surface area contributed by atoms with Crippen molar-refractivity contribution in [1.29, 1.82) is 0 Å². The average molecular weight is 418 g/mol. The second-order valence-electron chi connectivity index (χ2n) is 8.88. The fourth-order valence-electron chi connectivity index (χ4n) is 4.51. The molecule has 6 heteroatoms. The Bertz CT molecular complexity index is 1100. The topological polar surface area (TPSA) is 80.3 Å². The first-order chi connectivity index (χ1) is 14.8. The molecule has 0 radical (unpaired) electrons. The lowest BCUT2D eigenvalue weighted by Gasteiger charge is -2.39. The zero-order valence-electron chi connectivity index (χ0n) is 18.3. The van der Waals surface area contributed by atoms with Gasteiger partial charge in [0.05, 0.1) is 7.11 Å². The number of benzene rings is 1. The van der Waals surface area contributed by atoms with Gasteiger partial charge in [0.2, 0.25) is 0 Å². The number of nitrogens with zero attached hydrogens (tertiary/aromatic N) is 1. The first-order valence-corrected chi connectivity index (χ1v) is 10.4. The molecule has 6 nitrogen and oxygen atoms in total. The minimum absolute atomic E-state index is 0.0715. The van der Waals surface area contributed by atoms with E-state index in [0.717, 1.165) is 23.4 Å². The molecule has 1 aliphatic heterocycles. The third kappa shape index (κ3) is 4.10. The second kappa shape index (κ2) is 8.02. The van der Waals surface area contributed by atoms with Crippen LogP contribution in [0.15, 0.2) is 71.2 Å².